The van der Waals surface area contributed by atoms with Crippen LogP contribution in [-0.4, -0.2) is 58.1 Å². The van der Waals surface area contributed by atoms with Crippen molar-refractivity contribution in [3.63, 3.8) is 0 Å². The molecule has 4 heterocycles. The standard InChI is InChI=1S/C21H23N5O3S/c1-14-13-25-20(19(23-21(25)30-14)16-4-2-3-7-22-16)15-5-6-17(18(12-15)26(27)28)24-8-10-29-11-9-24/h2-7,12,14,19-20H,8-11,13H2,1H3. The molecule has 0 amide bonds. The van der Waals surface area contributed by atoms with E-state index in [0.29, 0.717) is 37.2 Å². The third kappa shape index (κ3) is 3.41. The zero-order chi connectivity index (χ0) is 20.7. The first-order valence-corrected chi connectivity index (χ1v) is 11.0. The molecule has 2 saturated heterocycles. The smallest absolute Gasteiger partial charge is 0.292 e. The van der Waals surface area contributed by atoms with Crippen LogP contribution in [0, 0.1) is 10.1 Å². The Morgan fingerprint density at radius 2 is 2.07 bits per heavy atom. The fourth-order valence-electron chi connectivity index (χ4n) is 4.42. The molecule has 156 valence electrons. The van der Waals surface area contributed by atoms with E-state index >= 15 is 0 Å². The Kier molecular flexibility index (Phi) is 5.08. The molecule has 0 aliphatic carbocycles. The van der Waals surface area contributed by atoms with Gasteiger partial charge in [-0.3, -0.25) is 20.1 Å². The number of pyridine rings is 1. The van der Waals surface area contributed by atoms with Crippen LogP contribution in [-0.2, 0) is 4.74 Å². The number of morpholine rings is 1. The predicted molar refractivity (Wildman–Crippen MR) is 117 cm³/mol. The molecule has 30 heavy (non-hydrogen) atoms. The van der Waals surface area contributed by atoms with Crippen molar-refractivity contribution in [3.05, 3.63) is 64.0 Å². The summed E-state index contributed by atoms with van der Waals surface area (Å²) >= 11 is 1.76. The Labute approximate surface area is 179 Å². The van der Waals surface area contributed by atoms with Crippen LogP contribution in [0.3, 0.4) is 0 Å². The largest absolute Gasteiger partial charge is 0.378 e. The monoisotopic (exact) mass is 425 g/mol. The van der Waals surface area contributed by atoms with Crippen LogP contribution in [0.5, 0.6) is 0 Å². The summed E-state index contributed by atoms with van der Waals surface area (Å²) in [6.45, 7) is 5.55. The number of aromatic nitrogens is 1. The van der Waals surface area contributed by atoms with E-state index in [1.807, 2.05) is 35.2 Å². The number of benzene rings is 1. The van der Waals surface area contributed by atoms with Gasteiger partial charge in [0, 0.05) is 37.1 Å². The van der Waals surface area contributed by atoms with Crippen LogP contribution in [0.4, 0.5) is 11.4 Å². The number of ether oxygens (including phenoxy) is 1. The second-order valence-corrected chi connectivity index (χ2v) is 9.15. The third-order valence-corrected chi connectivity index (χ3v) is 6.87. The lowest BCUT2D eigenvalue weighted by atomic mass is 9.95. The number of anilines is 1. The summed E-state index contributed by atoms with van der Waals surface area (Å²) in [7, 11) is 0. The van der Waals surface area contributed by atoms with Crippen molar-refractivity contribution in [3.8, 4) is 0 Å². The van der Waals surface area contributed by atoms with Crippen LogP contribution >= 0.6 is 11.8 Å². The number of nitro groups is 1. The first-order valence-electron chi connectivity index (χ1n) is 10.1. The molecule has 8 nitrogen and oxygen atoms in total. The highest BCUT2D eigenvalue weighted by Crippen LogP contribution is 2.48. The van der Waals surface area contributed by atoms with Gasteiger partial charge in [0.15, 0.2) is 5.17 Å². The topological polar surface area (TPSA) is 84.1 Å². The van der Waals surface area contributed by atoms with Crippen LogP contribution in [0.25, 0.3) is 0 Å². The maximum atomic E-state index is 12.0. The lowest BCUT2D eigenvalue weighted by Gasteiger charge is -2.30. The molecule has 1 aromatic carbocycles. The molecule has 0 bridgehead atoms. The number of rotatable bonds is 4. The zero-order valence-electron chi connectivity index (χ0n) is 16.7. The molecule has 0 radical (unpaired) electrons. The fourth-order valence-corrected chi connectivity index (χ4v) is 5.51. The summed E-state index contributed by atoms with van der Waals surface area (Å²) in [6.07, 6.45) is 1.77. The van der Waals surface area contributed by atoms with E-state index in [9.17, 15) is 10.1 Å². The molecular formula is C21H23N5O3S. The number of fused-ring (bicyclic) bond motifs is 1. The molecule has 9 heteroatoms. The van der Waals surface area contributed by atoms with Gasteiger partial charge in [0.05, 0.1) is 29.9 Å². The number of hydrogen-bond donors (Lipinski definition) is 0. The Balaban J connectivity index is 1.55. The highest BCUT2D eigenvalue weighted by Gasteiger charge is 2.44. The van der Waals surface area contributed by atoms with Crippen molar-refractivity contribution in [2.75, 3.05) is 37.7 Å². The molecule has 3 aliphatic rings. The summed E-state index contributed by atoms with van der Waals surface area (Å²) in [5.41, 5.74) is 2.59. The average molecular weight is 426 g/mol. The van der Waals surface area contributed by atoms with Crippen molar-refractivity contribution in [1.82, 2.24) is 9.88 Å². The van der Waals surface area contributed by atoms with Gasteiger partial charge in [-0.25, -0.2) is 0 Å². The summed E-state index contributed by atoms with van der Waals surface area (Å²) in [5, 5.41) is 13.4. The number of nitro benzene ring substituents is 1. The quantitative estimate of drug-likeness (QED) is 0.548. The molecule has 0 spiro atoms. The van der Waals surface area contributed by atoms with Crippen LogP contribution in [0.1, 0.15) is 30.3 Å². The number of amidine groups is 1. The lowest BCUT2D eigenvalue weighted by molar-refractivity contribution is -0.384. The van der Waals surface area contributed by atoms with Gasteiger partial charge in [-0.2, -0.15) is 0 Å². The van der Waals surface area contributed by atoms with E-state index in [-0.39, 0.29) is 22.7 Å². The van der Waals surface area contributed by atoms with E-state index in [1.54, 1.807) is 24.0 Å². The molecule has 3 aliphatic heterocycles. The highest BCUT2D eigenvalue weighted by atomic mass is 32.2. The van der Waals surface area contributed by atoms with Crippen molar-refractivity contribution < 1.29 is 9.66 Å². The van der Waals surface area contributed by atoms with Gasteiger partial charge >= 0.3 is 0 Å². The minimum Gasteiger partial charge on any atom is -0.378 e. The highest BCUT2D eigenvalue weighted by molar-refractivity contribution is 8.14. The van der Waals surface area contributed by atoms with Gasteiger partial charge in [0.1, 0.15) is 11.7 Å². The van der Waals surface area contributed by atoms with E-state index < -0.39 is 0 Å². The van der Waals surface area contributed by atoms with E-state index in [4.69, 9.17) is 9.73 Å². The van der Waals surface area contributed by atoms with E-state index in [1.165, 1.54) is 0 Å². The first-order chi connectivity index (χ1) is 14.6. The molecule has 0 saturated carbocycles. The SMILES string of the molecule is CC1CN2C(=NC(c3ccccn3)C2c2ccc(N3CCOCC3)c([N+](=O)[O-])c2)S1. The maximum Gasteiger partial charge on any atom is 0.292 e. The van der Waals surface area contributed by atoms with Crippen molar-refractivity contribution in [1.29, 1.82) is 0 Å². The average Bonchev–Trinajstić information content (AvgIpc) is 3.30. The molecule has 3 atom stereocenters. The van der Waals surface area contributed by atoms with Crippen LogP contribution < -0.4 is 4.90 Å². The Hall–Kier alpha value is -2.65. The molecule has 1 aromatic heterocycles. The number of thioether (sulfide) groups is 1. The molecule has 5 rings (SSSR count). The maximum absolute atomic E-state index is 12.0. The fraction of sp³-hybridized carbons (Fsp3) is 0.429. The van der Waals surface area contributed by atoms with E-state index in [2.05, 4.69) is 16.8 Å². The van der Waals surface area contributed by atoms with Gasteiger partial charge in [0.25, 0.3) is 5.69 Å². The van der Waals surface area contributed by atoms with Gasteiger partial charge < -0.3 is 14.5 Å². The summed E-state index contributed by atoms with van der Waals surface area (Å²) in [6, 6.07) is 11.2. The minimum atomic E-state index is -0.276. The van der Waals surface area contributed by atoms with Crippen LogP contribution in [0.2, 0.25) is 0 Å². The van der Waals surface area contributed by atoms with E-state index in [0.717, 1.165) is 23.0 Å². The Morgan fingerprint density at radius 3 is 2.80 bits per heavy atom. The lowest BCUT2D eigenvalue weighted by Crippen LogP contribution is -2.36. The van der Waals surface area contributed by atoms with Crippen molar-refractivity contribution in [2.45, 2.75) is 24.3 Å². The second kappa shape index (κ2) is 7.88. The molecule has 3 unspecified atom stereocenters. The number of nitrogens with zero attached hydrogens (tertiary/aromatic N) is 5. The van der Waals surface area contributed by atoms with Gasteiger partial charge in [-0.05, 0) is 23.8 Å². The van der Waals surface area contributed by atoms with Gasteiger partial charge in [-0.15, -0.1) is 0 Å². The summed E-state index contributed by atoms with van der Waals surface area (Å²) in [5.74, 6) is 0. The summed E-state index contributed by atoms with van der Waals surface area (Å²) in [4.78, 5) is 25.5. The van der Waals surface area contributed by atoms with Gasteiger partial charge in [-0.1, -0.05) is 30.8 Å². The van der Waals surface area contributed by atoms with Crippen molar-refractivity contribution in [2.24, 2.45) is 4.99 Å². The summed E-state index contributed by atoms with van der Waals surface area (Å²) < 4.78 is 5.40. The minimum absolute atomic E-state index is 0.0928. The van der Waals surface area contributed by atoms with Crippen LogP contribution in [0.15, 0.2) is 47.6 Å². The molecule has 2 aromatic rings. The predicted octanol–water partition coefficient (Wildman–Crippen LogP) is 3.42. The first kappa shape index (κ1) is 19.3. The second-order valence-electron chi connectivity index (χ2n) is 7.74. The van der Waals surface area contributed by atoms with Crippen molar-refractivity contribution >= 4 is 28.3 Å². The normalized spacial score (nSPS) is 25.9. The molecule has 2 fully saturated rings. The van der Waals surface area contributed by atoms with Gasteiger partial charge in [0.2, 0.25) is 0 Å². The Bertz CT molecular complexity index is 980. The molecular weight excluding hydrogens is 402 g/mol. The number of aliphatic imine (C=N–C) groups is 1. The molecule has 0 N–H and O–H groups in total. The Morgan fingerprint density at radius 1 is 1.23 bits per heavy atom. The third-order valence-electron chi connectivity index (χ3n) is 5.77. The number of hydrogen-bond acceptors (Lipinski definition) is 8. The zero-order valence-corrected chi connectivity index (χ0v) is 17.5.